The van der Waals surface area contributed by atoms with Gasteiger partial charge in [-0.25, -0.2) is 13.2 Å². The molecule has 0 aliphatic heterocycles. The van der Waals surface area contributed by atoms with Crippen molar-refractivity contribution in [2.75, 3.05) is 11.0 Å². The molecule has 7 heteroatoms. The Kier molecular flexibility index (Phi) is 5.82. The van der Waals surface area contributed by atoms with Gasteiger partial charge in [0.25, 0.3) is 0 Å². The van der Waals surface area contributed by atoms with Crippen LogP contribution >= 0.6 is 0 Å². The fraction of sp³-hybridized carbons (Fsp3) is 0.263. The van der Waals surface area contributed by atoms with E-state index in [0.29, 0.717) is 5.56 Å². The van der Waals surface area contributed by atoms with Crippen molar-refractivity contribution in [3.05, 3.63) is 64.7 Å². The highest BCUT2D eigenvalue weighted by molar-refractivity contribution is 7.92. The molecule has 0 radical (unpaired) electrons. The molecule has 0 heterocycles. The monoisotopic (exact) mass is 375 g/mol. The lowest BCUT2D eigenvalue weighted by Gasteiger charge is -2.15. The molecule has 2 aromatic carbocycles. The third-order valence-corrected chi connectivity index (χ3v) is 4.48. The molecule has 26 heavy (non-hydrogen) atoms. The number of nitrogens with one attached hydrogen (secondary N) is 1. The fourth-order valence-corrected chi connectivity index (χ4v) is 2.93. The van der Waals surface area contributed by atoms with Gasteiger partial charge < -0.3 is 4.74 Å². The molecule has 1 atom stereocenters. The number of carbonyl (C=O) groups is 2. The first-order valence-electron chi connectivity index (χ1n) is 7.98. The maximum Gasteiger partial charge on any atom is 0.340 e. The maximum atomic E-state index is 12.5. The summed E-state index contributed by atoms with van der Waals surface area (Å²) < 4.78 is 30.4. The van der Waals surface area contributed by atoms with E-state index in [-0.39, 0.29) is 17.0 Å². The van der Waals surface area contributed by atoms with Crippen LogP contribution in [0.3, 0.4) is 0 Å². The van der Waals surface area contributed by atoms with Gasteiger partial charge in [0.15, 0.2) is 6.10 Å². The number of esters is 1. The number of ether oxygens (including phenoxy) is 1. The first-order chi connectivity index (χ1) is 12.1. The van der Waals surface area contributed by atoms with Gasteiger partial charge in [-0.2, -0.15) is 0 Å². The fourth-order valence-electron chi connectivity index (χ4n) is 2.36. The third kappa shape index (κ3) is 4.92. The van der Waals surface area contributed by atoms with Gasteiger partial charge in [-0.15, -0.1) is 0 Å². The molecule has 1 N–H and O–H groups in total. The highest BCUT2D eigenvalue weighted by atomic mass is 32.2. The molecular formula is C19H21NO5S. The van der Waals surface area contributed by atoms with Crippen LogP contribution in [0.4, 0.5) is 5.69 Å². The molecule has 0 unspecified atom stereocenters. The Morgan fingerprint density at radius 3 is 2.31 bits per heavy atom. The molecule has 0 aromatic heterocycles. The van der Waals surface area contributed by atoms with Crippen molar-refractivity contribution in [2.45, 2.75) is 26.9 Å². The van der Waals surface area contributed by atoms with Crippen LogP contribution in [0.25, 0.3) is 0 Å². The Hall–Kier alpha value is -2.67. The van der Waals surface area contributed by atoms with E-state index in [1.54, 1.807) is 24.3 Å². The number of anilines is 1. The summed E-state index contributed by atoms with van der Waals surface area (Å²) in [6.45, 7) is 5.33. The van der Waals surface area contributed by atoms with Crippen LogP contribution in [0, 0.1) is 13.8 Å². The van der Waals surface area contributed by atoms with Crippen molar-refractivity contribution in [3.63, 3.8) is 0 Å². The number of hydrogen-bond donors (Lipinski definition) is 1. The van der Waals surface area contributed by atoms with E-state index in [2.05, 4.69) is 4.72 Å². The molecule has 0 saturated heterocycles. The van der Waals surface area contributed by atoms with Crippen molar-refractivity contribution < 1.29 is 22.7 Å². The minimum atomic E-state index is -3.55. The van der Waals surface area contributed by atoms with Crippen LogP contribution in [-0.2, 0) is 14.8 Å². The Bertz CT molecular complexity index is 950. The molecule has 2 aromatic rings. The van der Waals surface area contributed by atoms with Gasteiger partial charge in [-0.3, -0.25) is 9.52 Å². The number of sulfonamides is 1. The second-order valence-corrected chi connectivity index (χ2v) is 7.88. The molecule has 0 aliphatic rings. The maximum absolute atomic E-state index is 12.5. The van der Waals surface area contributed by atoms with Crippen molar-refractivity contribution in [2.24, 2.45) is 0 Å². The number of Topliss-reactive ketones (excluding diaryl/α,β-unsaturated/α-hetero) is 1. The smallest absolute Gasteiger partial charge is 0.340 e. The molecule has 0 saturated carbocycles. The number of rotatable bonds is 6. The number of hydrogen-bond acceptors (Lipinski definition) is 5. The molecule has 0 fully saturated rings. The zero-order valence-electron chi connectivity index (χ0n) is 15.1. The Labute approximate surface area is 153 Å². The Morgan fingerprint density at radius 2 is 1.69 bits per heavy atom. The van der Waals surface area contributed by atoms with Crippen molar-refractivity contribution in [1.29, 1.82) is 0 Å². The first kappa shape index (κ1) is 19.7. The van der Waals surface area contributed by atoms with Gasteiger partial charge in [0.1, 0.15) is 0 Å². The predicted octanol–water partition coefficient (Wildman–Crippen LogP) is 3.10. The second kappa shape index (κ2) is 7.70. The molecule has 0 spiro atoms. The van der Waals surface area contributed by atoms with Crippen molar-refractivity contribution in [1.82, 2.24) is 0 Å². The van der Waals surface area contributed by atoms with Gasteiger partial charge in [-0.1, -0.05) is 24.3 Å². The highest BCUT2D eigenvalue weighted by Gasteiger charge is 2.22. The van der Waals surface area contributed by atoms with E-state index < -0.39 is 22.1 Å². The lowest BCUT2D eigenvalue weighted by Crippen LogP contribution is -2.25. The summed E-state index contributed by atoms with van der Waals surface area (Å²) >= 11 is 0. The summed E-state index contributed by atoms with van der Waals surface area (Å²) in [7, 11) is -3.55. The van der Waals surface area contributed by atoms with Gasteiger partial charge in [0.2, 0.25) is 15.8 Å². The lowest BCUT2D eigenvalue weighted by atomic mass is 10.0. The van der Waals surface area contributed by atoms with E-state index in [0.717, 1.165) is 17.4 Å². The average Bonchev–Trinajstić information content (AvgIpc) is 2.55. The summed E-state index contributed by atoms with van der Waals surface area (Å²) in [4.78, 5) is 24.9. The van der Waals surface area contributed by atoms with Crippen LogP contribution < -0.4 is 4.72 Å². The standard InChI is InChI=1S/C19H21NO5S/c1-12-9-10-15(11-13(12)2)18(21)14(3)25-19(22)16-7-5-6-8-17(16)20-26(4,23)24/h5-11,14,20H,1-4H3/t14-/m1/s1. The normalized spacial score (nSPS) is 12.3. The molecule has 0 aliphatic carbocycles. The number of aryl methyl sites for hydroxylation is 2. The molecule has 138 valence electrons. The van der Waals surface area contributed by atoms with Gasteiger partial charge in [0.05, 0.1) is 17.5 Å². The summed E-state index contributed by atoms with van der Waals surface area (Å²) in [6, 6.07) is 11.3. The molecule has 0 amide bonds. The summed E-state index contributed by atoms with van der Waals surface area (Å²) in [5, 5.41) is 0. The number of ketones is 1. The van der Waals surface area contributed by atoms with E-state index in [4.69, 9.17) is 4.74 Å². The van der Waals surface area contributed by atoms with E-state index in [1.165, 1.54) is 19.1 Å². The molecule has 6 nitrogen and oxygen atoms in total. The molecular weight excluding hydrogens is 354 g/mol. The zero-order chi connectivity index (χ0) is 19.5. The summed E-state index contributed by atoms with van der Waals surface area (Å²) in [5.41, 5.74) is 2.63. The SMILES string of the molecule is Cc1ccc(C(=O)[C@@H](C)OC(=O)c2ccccc2NS(C)(=O)=O)cc1C. The van der Waals surface area contributed by atoms with Crippen LogP contribution in [-0.4, -0.2) is 32.5 Å². The Morgan fingerprint density at radius 1 is 1.04 bits per heavy atom. The van der Waals surface area contributed by atoms with E-state index in [1.807, 2.05) is 19.9 Å². The third-order valence-electron chi connectivity index (χ3n) is 3.89. The summed E-state index contributed by atoms with van der Waals surface area (Å²) in [5.74, 6) is -1.10. The minimum Gasteiger partial charge on any atom is -0.451 e. The van der Waals surface area contributed by atoms with E-state index >= 15 is 0 Å². The largest absolute Gasteiger partial charge is 0.451 e. The van der Waals surface area contributed by atoms with Crippen LogP contribution in [0.5, 0.6) is 0 Å². The minimum absolute atomic E-state index is 0.0395. The van der Waals surface area contributed by atoms with Gasteiger partial charge in [0, 0.05) is 5.56 Å². The molecule has 0 bridgehead atoms. The van der Waals surface area contributed by atoms with Crippen molar-refractivity contribution in [3.8, 4) is 0 Å². The number of carbonyl (C=O) groups excluding carboxylic acids is 2. The van der Waals surface area contributed by atoms with Crippen LogP contribution in [0.2, 0.25) is 0 Å². The van der Waals surface area contributed by atoms with Crippen molar-refractivity contribution >= 4 is 27.5 Å². The quantitative estimate of drug-likeness (QED) is 0.619. The lowest BCUT2D eigenvalue weighted by molar-refractivity contribution is 0.0320. The predicted molar refractivity (Wildman–Crippen MR) is 100 cm³/mol. The zero-order valence-corrected chi connectivity index (χ0v) is 15.9. The highest BCUT2D eigenvalue weighted by Crippen LogP contribution is 2.19. The average molecular weight is 375 g/mol. The second-order valence-electron chi connectivity index (χ2n) is 6.13. The Balaban J connectivity index is 2.19. The number of benzene rings is 2. The van der Waals surface area contributed by atoms with Crippen LogP contribution in [0.15, 0.2) is 42.5 Å². The molecule has 2 rings (SSSR count). The number of para-hydroxylation sites is 1. The van der Waals surface area contributed by atoms with Gasteiger partial charge in [-0.05, 0) is 50.1 Å². The van der Waals surface area contributed by atoms with Gasteiger partial charge >= 0.3 is 5.97 Å². The van der Waals surface area contributed by atoms with E-state index in [9.17, 15) is 18.0 Å². The van der Waals surface area contributed by atoms with Crippen LogP contribution in [0.1, 0.15) is 38.8 Å². The topological polar surface area (TPSA) is 89.5 Å². The summed E-state index contributed by atoms with van der Waals surface area (Å²) in [6.07, 6.45) is -0.0167. The first-order valence-corrected chi connectivity index (χ1v) is 9.87.